The Hall–Kier alpha value is -2.33. The number of carbonyl (C=O) groups is 1. The Morgan fingerprint density at radius 2 is 1.57 bits per heavy atom. The molecule has 0 aromatic heterocycles. The molecule has 0 radical (unpaired) electrons. The number of urea groups is 1. The summed E-state index contributed by atoms with van der Waals surface area (Å²) in [5.41, 5.74) is 3.07. The maximum Gasteiger partial charge on any atom is 0.319 e. The zero-order chi connectivity index (χ0) is 14.9. The Bertz CT molecular complexity index is 552. The molecular formula is C17H21N3O. The van der Waals surface area contributed by atoms with E-state index in [2.05, 4.69) is 22.9 Å². The van der Waals surface area contributed by atoms with Crippen LogP contribution in [0.3, 0.4) is 0 Å². The highest BCUT2D eigenvalue weighted by Gasteiger charge is 2.01. The third-order valence-electron chi connectivity index (χ3n) is 3.09. The van der Waals surface area contributed by atoms with Crippen LogP contribution in [0.4, 0.5) is 10.5 Å². The van der Waals surface area contributed by atoms with Crippen molar-refractivity contribution in [3.05, 3.63) is 65.7 Å². The molecule has 2 aromatic rings. The molecular weight excluding hydrogens is 262 g/mol. The number of anilines is 1. The molecule has 0 atom stereocenters. The van der Waals surface area contributed by atoms with E-state index in [-0.39, 0.29) is 6.03 Å². The van der Waals surface area contributed by atoms with Crippen molar-refractivity contribution in [2.75, 3.05) is 11.9 Å². The molecule has 0 unspecified atom stereocenters. The topological polar surface area (TPSA) is 53.2 Å². The van der Waals surface area contributed by atoms with Gasteiger partial charge in [0.15, 0.2) is 0 Å². The van der Waals surface area contributed by atoms with Gasteiger partial charge in [0.2, 0.25) is 0 Å². The van der Waals surface area contributed by atoms with Crippen LogP contribution in [-0.2, 0) is 13.1 Å². The molecule has 0 heterocycles. The molecule has 0 spiro atoms. The first-order chi connectivity index (χ1) is 10.3. The van der Waals surface area contributed by atoms with E-state index in [1.165, 1.54) is 5.56 Å². The number of hydrogen-bond acceptors (Lipinski definition) is 2. The first-order valence-corrected chi connectivity index (χ1v) is 7.16. The molecule has 110 valence electrons. The van der Waals surface area contributed by atoms with Gasteiger partial charge >= 0.3 is 6.03 Å². The third-order valence-corrected chi connectivity index (χ3v) is 3.09. The predicted molar refractivity (Wildman–Crippen MR) is 86.1 cm³/mol. The summed E-state index contributed by atoms with van der Waals surface area (Å²) in [5.74, 6) is 0. The van der Waals surface area contributed by atoms with Crippen molar-refractivity contribution >= 4 is 11.7 Å². The summed E-state index contributed by atoms with van der Waals surface area (Å²) in [6.07, 6.45) is 0. The largest absolute Gasteiger partial charge is 0.334 e. The number of nitrogens with one attached hydrogen (secondary N) is 3. The SMILES string of the molecule is CCNCc1ccc(NC(=O)NCc2ccccc2)cc1. The van der Waals surface area contributed by atoms with E-state index in [0.29, 0.717) is 6.54 Å². The molecule has 4 heteroatoms. The lowest BCUT2D eigenvalue weighted by Gasteiger charge is -2.08. The van der Waals surface area contributed by atoms with Crippen LogP contribution in [0.5, 0.6) is 0 Å². The van der Waals surface area contributed by atoms with Gasteiger partial charge in [-0.1, -0.05) is 49.4 Å². The van der Waals surface area contributed by atoms with Crippen molar-refractivity contribution < 1.29 is 4.79 Å². The summed E-state index contributed by atoms with van der Waals surface area (Å²) >= 11 is 0. The van der Waals surface area contributed by atoms with Gasteiger partial charge in [0.25, 0.3) is 0 Å². The quantitative estimate of drug-likeness (QED) is 0.763. The van der Waals surface area contributed by atoms with E-state index in [1.54, 1.807) is 0 Å². The molecule has 0 aliphatic heterocycles. The molecule has 21 heavy (non-hydrogen) atoms. The van der Waals surface area contributed by atoms with Crippen molar-refractivity contribution in [3.8, 4) is 0 Å². The van der Waals surface area contributed by atoms with E-state index >= 15 is 0 Å². The minimum atomic E-state index is -0.196. The van der Waals surface area contributed by atoms with Crippen LogP contribution in [0.2, 0.25) is 0 Å². The molecule has 0 fully saturated rings. The normalized spacial score (nSPS) is 10.1. The van der Waals surface area contributed by atoms with Gasteiger partial charge in [-0.15, -0.1) is 0 Å². The fraction of sp³-hybridized carbons (Fsp3) is 0.235. The van der Waals surface area contributed by atoms with E-state index in [1.807, 2.05) is 54.6 Å². The molecule has 3 N–H and O–H groups in total. The Labute approximate surface area is 125 Å². The van der Waals surface area contributed by atoms with Crippen LogP contribution >= 0.6 is 0 Å². The lowest BCUT2D eigenvalue weighted by molar-refractivity contribution is 0.251. The monoisotopic (exact) mass is 283 g/mol. The maximum absolute atomic E-state index is 11.8. The summed E-state index contributed by atoms with van der Waals surface area (Å²) in [6, 6.07) is 17.5. The van der Waals surface area contributed by atoms with E-state index in [0.717, 1.165) is 24.3 Å². The highest BCUT2D eigenvalue weighted by atomic mass is 16.2. The Morgan fingerprint density at radius 3 is 2.24 bits per heavy atom. The number of carbonyl (C=O) groups excluding carboxylic acids is 1. The van der Waals surface area contributed by atoms with Gasteiger partial charge in [0.1, 0.15) is 0 Å². The van der Waals surface area contributed by atoms with Gasteiger partial charge in [0, 0.05) is 18.8 Å². The van der Waals surface area contributed by atoms with E-state index < -0.39 is 0 Å². The lowest BCUT2D eigenvalue weighted by atomic mass is 10.2. The van der Waals surface area contributed by atoms with Gasteiger partial charge in [-0.25, -0.2) is 4.79 Å². The van der Waals surface area contributed by atoms with Gasteiger partial charge in [-0.05, 0) is 29.8 Å². The molecule has 0 aliphatic rings. The van der Waals surface area contributed by atoms with Crippen molar-refractivity contribution in [2.45, 2.75) is 20.0 Å². The predicted octanol–water partition coefficient (Wildman–Crippen LogP) is 3.12. The minimum absolute atomic E-state index is 0.196. The van der Waals surface area contributed by atoms with Crippen molar-refractivity contribution in [1.29, 1.82) is 0 Å². The lowest BCUT2D eigenvalue weighted by Crippen LogP contribution is -2.28. The average molecular weight is 283 g/mol. The van der Waals surface area contributed by atoms with Crippen LogP contribution in [0.1, 0.15) is 18.1 Å². The second kappa shape index (κ2) is 8.07. The smallest absolute Gasteiger partial charge is 0.319 e. The molecule has 2 amide bonds. The zero-order valence-electron chi connectivity index (χ0n) is 12.2. The highest BCUT2D eigenvalue weighted by Crippen LogP contribution is 2.09. The van der Waals surface area contributed by atoms with Crippen LogP contribution < -0.4 is 16.0 Å². The van der Waals surface area contributed by atoms with Gasteiger partial charge in [-0.3, -0.25) is 0 Å². The fourth-order valence-electron chi connectivity index (χ4n) is 1.93. The zero-order valence-corrected chi connectivity index (χ0v) is 12.2. The first kappa shape index (κ1) is 15.1. The summed E-state index contributed by atoms with van der Waals surface area (Å²) in [7, 11) is 0. The minimum Gasteiger partial charge on any atom is -0.334 e. The van der Waals surface area contributed by atoms with Crippen LogP contribution in [0.15, 0.2) is 54.6 Å². The van der Waals surface area contributed by atoms with Gasteiger partial charge in [0.05, 0.1) is 0 Å². The molecule has 0 saturated heterocycles. The molecule has 2 rings (SSSR count). The second-order valence-electron chi connectivity index (χ2n) is 4.77. The van der Waals surface area contributed by atoms with Crippen molar-refractivity contribution in [3.63, 3.8) is 0 Å². The Morgan fingerprint density at radius 1 is 0.905 bits per heavy atom. The van der Waals surface area contributed by atoms with Crippen molar-refractivity contribution in [1.82, 2.24) is 10.6 Å². The summed E-state index contributed by atoms with van der Waals surface area (Å²) < 4.78 is 0. The van der Waals surface area contributed by atoms with E-state index in [4.69, 9.17) is 0 Å². The molecule has 4 nitrogen and oxygen atoms in total. The number of hydrogen-bond donors (Lipinski definition) is 3. The number of amides is 2. The summed E-state index contributed by atoms with van der Waals surface area (Å²) in [4.78, 5) is 11.8. The van der Waals surface area contributed by atoms with Gasteiger partial charge in [-0.2, -0.15) is 0 Å². The molecule has 0 aliphatic carbocycles. The Kier molecular flexibility index (Phi) is 5.79. The van der Waals surface area contributed by atoms with Crippen LogP contribution in [0, 0.1) is 0 Å². The van der Waals surface area contributed by atoms with Crippen molar-refractivity contribution in [2.24, 2.45) is 0 Å². The van der Waals surface area contributed by atoms with Crippen LogP contribution in [-0.4, -0.2) is 12.6 Å². The summed E-state index contributed by atoms with van der Waals surface area (Å²) in [5, 5.41) is 8.92. The highest BCUT2D eigenvalue weighted by molar-refractivity contribution is 5.89. The second-order valence-corrected chi connectivity index (χ2v) is 4.77. The average Bonchev–Trinajstić information content (AvgIpc) is 2.53. The number of benzene rings is 2. The van der Waals surface area contributed by atoms with Crippen LogP contribution in [0.25, 0.3) is 0 Å². The Balaban J connectivity index is 1.79. The standard InChI is InChI=1S/C17H21N3O/c1-2-18-12-15-8-10-16(11-9-15)20-17(21)19-13-14-6-4-3-5-7-14/h3-11,18H,2,12-13H2,1H3,(H2,19,20,21). The molecule has 0 bridgehead atoms. The van der Waals surface area contributed by atoms with E-state index in [9.17, 15) is 4.79 Å². The molecule has 0 saturated carbocycles. The maximum atomic E-state index is 11.8. The molecule has 2 aromatic carbocycles. The van der Waals surface area contributed by atoms with Gasteiger partial charge < -0.3 is 16.0 Å². The third kappa shape index (κ3) is 5.28. The first-order valence-electron chi connectivity index (χ1n) is 7.16. The fourth-order valence-corrected chi connectivity index (χ4v) is 1.93. The number of rotatable bonds is 6. The summed E-state index contributed by atoms with van der Waals surface area (Å²) in [6.45, 7) is 4.39.